The number of nitrogens with one attached hydrogen (secondary N) is 1. The third kappa shape index (κ3) is 3.37. The molecule has 25 heavy (non-hydrogen) atoms. The lowest BCUT2D eigenvalue weighted by molar-refractivity contribution is 0.102. The monoisotopic (exact) mass is 418 g/mol. The van der Waals surface area contributed by atoms with Crippen LogP contribution in [0.4, 0.5) is 10.8 Å². The number of anilines is 2. The highest BCUT2D eigenvalue weighted by atomic mass is 79.9. The van der Waals surface area contributed by atoms with Gasteiger partial charge in [0.05, 0.1) is 29.8 Å². The van der Waals surface area contributed by atoms with Crippen LogP contribution >= 0.6 is 27.3 Å². The van der Waals surface area contributed by atoms with Crippen LogP contribution in [-0.2, 0) is 4.74 Å². The van der Waals surface area contributed by atoms with E-state index in [4.69, 9.17) is 4.74 Å². The number of hydrogen-bond donors (Lipinski definition) is 1. The van der Waals surface area contributed by atoms with Gasteiger partial charge in [-0.15, -0.1) is 0 Å². The van der Waals surface area contributed by atoms with Gasteiger partial charge in [-0.05, 0) is 28.1 Å². The van der Waals surface area contributed by atoms with E-state index in [1.807, 2.05) is 24.4 Å². The molecule has 0 spiro atoms. The highest BCUT2D eigenvalue weighted by Crippen LogP contribution is 2.37. The SMILES string of the molecule is O=C(Nc1nc2c(Br)ncc(N3CCOCC3)c2s1)c1ccccc1. The molecule has 1 aliphatic heterocycles. The van der Waals surface area contributed by atoms with E-state index in [0.29, 0.717) is 28.5 Å². The first-order valence-corrected chi connectivity index (χ1v) is 9.47. The molecule has 1 amide bonds. The first kappa shape index (κ1) is 16.4. The fraction of sp³-hybridized carbons (Fsp3) is 0.235. The van der Waals surface area contributed by atoms with Crippen molar-refractivity contribution in [2.45, 2.75) is 0 Å². The average molecular weight is 419 g/mol. The standard InChI is InChI=1S/C17H15BrN4O2S/c18-15-13-14(12(10-19-15)22-6-8-24-9-7-22)25-17(20-13)21-16(23)11-4-2-1-3-5-11/h1-5,10H,6-9H2,(H,20,21,23). The van der Waals surface area contributed by atoms with Crippen molar-refractivity contribution in [2.24, 2.45) is 0 Å². The number of pyridine rings is 1. The van der Waals surface area contributed by atoms with Crippen LogP contribution in [0.5, 0.6) is 0 Å². The lowest BCUT2D eigenvalue weighted by Crippen LogP contribution is -2.36. The third-order valence-corrected chi connectivity index (χ3v) is 5.54. The van der Waals surface area contributed by atoms with Crippen LogP contribution in [0.15, 0.2) is 41.1 Å². The lowest BCUT2D eigenvalue weighted by Gasteiger charge is -2.28. The van der Waals surface area contributed by atoms with Gasteiger partial charge < -0.3 is 9.64 Å². The third-order valence-electron chi connectivity index (χ3n) is 3.96. The fourth-order valence-corrected chi connectivity index (χ4v) is 4.23. The number of carbonyl (C=O) groups is 1. The summed E-state index contributed by atoms with van der Waals surface area (Å²) >= 11 is 4.92. The van der Waals surface area contributed by atoms with Gasteiger partial charge in [-0.2, -0.15) is 0 Å². The fourth-order valence-electron chi connectivity index (χ4n) is 2.71. The van der Waals surface area contributed by atoms with Gasteiger partial charge in [0, 0.05) is 18.7 Å². The number of halogens is 1. The molecule has 0 unspecified atom stereocenters. The Morgan fingerprint density at radius 2 is 2.00 bits per heavy atom. The first-order chi connectivity index (χ1) is 12.2. The molecule has 3 aromatic rings. The Kier molecular flexibility index (Phi) is 4.65. The summed E-state index contributed by atoms with van der Waals surface area (Å²) < 4.78 is 7.11. The predicted molar refractivity (Wildman–Crippen MR) is 103 cm³/mol. The number of nitrogens with zero attached hydrogens (tertiary/aromatic N) is 3. The van der Waals surface area contributed by atoms with Crippen molar-refractivity contribution in [3.63, 3.8) is 0 Å². The minimum atomic E-state index is -0.170. The van der Waals surface area contributed by atoms with Crippen molar-refractivity contribution < 1.29 is 9.53 Å². The zero-order chi connectivity index (χ0) is 17.2. The van der Waals surface area contributed by atoms with Crippen molar-refractivity contribution in [3.8, 4) is 0 Å². The number of carbonyl (C=O) groups excluding carboxylic acids is 1. The Morgan fingerprint density at radius 1 is 1.24 bits per heavy atom. The van der Waals surface area contributed by atoms with E-state index in [1.54, 1.807) is 12.1 Å². The Bertz CT molecular complexity index is 910. The summed E-state index contributed by atoms with van der Waals surface area (Å²) in [6.45, 7) is 3.05. The van der Waals surface area contributed by atoms with Gasteiger partial charge in [0.25, 0.3) is 5.91 Å². The summed E-state index contributed by atoms with van der Waals surface area (Å²) in [4.78, 5) is 23.6. The summed E-state index contributed by atoms with van der Waals surface area (Å²) in [5.41, 5.74) is 2.39. The molecule has 8 heteroatoms. The van der Waals surface area contributed by atoms with E-state index in [2.05, 4.69) is 36.1 Å². The topological polar surface area (TPSA) is 67.4 Å². The normalized spacial score (nSPS) is 14.7. The Balaban J connectivity index is 1.67. The molecule has 0 atom stereocenters. The van der Waals surface area contributed by atoms with E-state index >= 15 is 0 Å². The highest BCUT2D eigenvalue weighted by Gasteiger charge is 2.19. The molecule has 4 rings (SSSR count). The average Bonchev–Trinajstić information content (AvgIpc) is 3.08. The second-order valence-corrected chi connectivity index (χ2v) is 7.30. The van der Waals surface area contributed by atoms with Gasteiger partial charge in [-0.1, -0.05) is 29.5 Å². The van der Waals surface area contributed by atoms with Crippen molar-refractivity contribution in [3.05, 3.63) is 46.7 Å². The molecule has 0 saturated carbocycles. The van der Waals surface area contributed by atoms with Crippen molar-refractivity contribution in [1.29, 1.82) is 0 Å². The quantitative estimate of drug-likeness (QED) is 0.658. The molecular weight excluding hydrogens is 404 g/mol. The molecule has 128 valence electrons. The number of ether oxygens (including phenoxy) is 1. The summed E-state index contributed by atoms with van der Waals surface area (Å²) in [7, 11) is 0. The Hall–Kier alpha value is -2.03. The summed E-state index contributed by atoms with van der Waals surface area (Å²) in [6.07, 6.45) is 1.85. The van der Waals surface area contributed by atoms with E-state index in [0.717, 1.165) is 29.0 Å². The maximum absolute atomic E-state index is 12.4. The number of thiazole rings is 1. The summed E-state index contributed by atoms with van der Waals surface area (Å²) in [5, 5.41) is 3.44. The van der Waals surface area contributed by atoms with Crippen LogP contribution in [0.1, 0.15) is 10.4 Å². The predicted octanol–water partition coefficient (Wildman–Crippen LogP) is 3.54. The maximum atomic E-state index is 12.4. The molecule has 6 nitrogen and oxygen atoms in total. The Morgan fingerprint density at radius 3 is 2.76 bits per heavy atom. The largest absolute Gasteiger partial charge is 0.378 e. The Labute approximate surface area is 157 Å². The molecule has 1 aromatic carbocycles. The lowest BCUT2D eigenvalue weighted by atomic mass is 10.2. The number of aromatic nitrogens is 2. The summed E-state index contributed by atoms with van der Waals surface area (Å²) in [6, 6.07) is 9.11. The minimum absolute atomic E-state index is 0.170. The van der Waals surface area contributed by atoms with Gasteiger partial charge in [-0.3, -0.25) is 10.1 Å². The molecule has 0 bridgehead atoms. The highest BCUT2D eigenvalue weighted by molar-refractivity contribution is 9.10. The molecule has 2 aromatic heterocycles. The van der Waals surface area contributed by atoms with Crippen LogP contribution in [0.2, 0.25) is 0 Å². The number of fused-ring (bicyclic) bond motifs is 1. The molecule has 1 fully saturated rings. The van der Waals surface area contributed by atoms with Gasteiger partial charge in [0.15, 0.2) is 5.13 Å². The number of rotatable bonds is 3. The van der Waals surface area contributed by atoms with Gasteiger partial charge in [-0.25, -0.2) is 9.97 Å². The van der Waals surface area contributed by atoms with Gasteiger partial charge >= 0.3 is 0 Å². The van der Waals surface area contributed by atoms with Crippen LogP contribution in [-0.4, -0.2) is 42.2 Å². The van der Waals surface area contributed by atoms with E-state index < -0.39 is 0 Å². The molecule has 3 heterocycles. The van der Waals surface area contributed by atoms with Crippen molar-refractivity contribution >= 4 is 54.2 Å². The van der Waals surface area contributed by atoms with E-state index in [9.17, 15) is 4.79 Å². The molecular formula is C17H15BrN4O2S. The smallest absolute Gasteiger partial charge is 0.257 e. The number of hydrogen-bond acceptors (Lipinski definition) is 6. The zero-order valence-corrected chi connectivity index (χ0v) is 15.6. The van der Waals surface area contributed by atoms with Crippen molar-refractivity contribution in [2.75, 3.05) is 36.5 Å². The van der Waals surface area contributed by atoms with Crippen molar-refractivity contribution in [1.82, 2.24) is 9.97 Å². The van der Waals surface area contributed by atoms with Gasteiger partial charge in [0.2, 0.25) is 0 Å². The van der Waals surface area contributed by atoms with E-state index in [-0.39, 0.29) is 5.91 Å². The second-order valence-electron chi connectivity index (χ2n) is 5.55. The summed E-state index contributed by atoms with van der Waals surface area (Å²) in [5.74, 6) is -0.170. The maximum Gasteiger partial charge on any atom is 0.257 e. The van der Waals surface area contributed by atoms with E-state index in [1.165, 1.54) is 11.3 Å². The van der Waals surface area contributed by atoms with Crippen LogP contribution in [0.25, 0.3) is 10.2 Å². The van der Waals surface area contributed by atoms with Crippen LogP contribution < -0.4 is 10.2 Å². The minimum Gasteiger partial charge on any atom is -0.378 e. The first-order valence-electron chi connectivity index (χ1n) is 7.86. The molecule has 0 radical (unpaired) electrons. The zero-order valence-electron chi connectivity index (χ0n) is 13.2. The molecule has 0 aliphatic carbocycles. The van der Waals surface area contributed by atoms with Crippen LogP contribution in [0.3, 0.4) is 0 Å². The number of morpholine rings is 1. The van der Waals surface area contributed by atoms with Crippen LogP contribution in [0, 0.1) is 0 Å². The molecule has 1 aliphatic rings. The molecule has 1 saturated heterocycles. The van der Waals surface area contributed by atoms with Gasteiger partial charge in [0.1, 0.15) is 10.1 Å². The second kappa shape index (κ2) is 7.07. The molecule has 1 N–H and O–H groups in total. The number of benzene rings is 1. The number of amides is 1.